The summed E-state index contributed by atoms with van der Waals surface area (Å²) in [5.74, 6) is 2.10. The molecule has 0 heterocycles. The molecule has 0 aromatic heterocycles. The van der Waals surface area contributed by atoms with E-state index >= 15 is 0 Å². The Morgan fingerprint density at radius 1 is 0.861 bits per heavy atom. The second-order valence-electron chi connectivity index (χ2n) is 8.20. The van der Waals surface area contributed by atoms with Crippen molar-refractivity contribution in [3.05, 3.63) is 129 Å². The first-order chi connectivity index (χ1) is 16.9. The third-order valence-electron chi connectivity index (χ3n) is 5.31. The minimum atomic E-state index is -3.62. The number of carbonyl (C=O) groups is 1. The van der Waals surface area contributed by atoms with E-state index in [1.54, 1.807) is 36.0 Å². The van der Waals surface area contributed by atoms with Crippen LogP contribution in [0.15, 0.2) is 59.5 Å². The van der Waals surface area contributed by atoms with E-state index in [2.05, 4.69) is 4.72 Å². The Morgan fingerprint density at radius 2 is 1.44 bits per heavy atom. The second-order valence-corrected chi connectivity index (χ2v) is 11.1. The summed E-state index contributed by atoms with van der Waals surface area (Å²) >= 11 is 1.60. The van der Waals surface area contributed by atoms with Gasteiger partial charge in [-0.05, 0) is 88.8 Å². The SMILES string of the molecule is Cc1ccc(S(=O)(=O)N[C@H](CSCCC(=O)[C]2[CH][CH][CH][CH]2)Cc2ccccc2)cc1.[CH]1[CH][CH][CH][CH]1.[Fe+2]. The molecule has 2 aromatic carbocycles. The van der Waals surface area contributed by atoms with Crippen molar-refractivity contribution in [1.29, 1.82) is 0 Å². The van der Waals surface area contributed by atoms with Gasteiger partial charge in [0.05, 0.1) is 4.90 Å². The summed E-state index contributed by atoms with van der Waals surface area (Å²) in [6, 6.07) is 16.4. The Balaban J connectivity index is 0.000000678. The van der Waals surface area contributed by atoms with Gasteiger partial charge in [0.15, 0.2) is 0 Å². The van der Waals surface area contributed by atoms with Gasteiger partial charge in [-0.3, -0.25) is 4.79 Å². The van der Waals surface area contributed by atoms with Crippen LogP contribution < -0.4 is 4.72 Å². The molecule has 0 amide bonds. The van der Waals surface area contributed by atoms with E-state index in [1.165, 1.54) is 0 Å². The topological polar surface area (TPSA) is 63.2 Å². The minimum Gasteiger partial charge on any atom is -0.299 e. The van der Waals surface area contributed by atoms with Crippen molar-refractivity contribution in [3.8, 4) is 0 Å². The standard InChI is InChI=1S/C24H26NO3S2.C5H5.Fe/c1-19-11-13-23(14-12-19)30(27,28)25-22(17-20-7-3-2-4-8-20)18-29-16-15-24(26)21-9-5-6-10-21;1-2-4-5-3-1;/h2-14,22,25H,15-18H2,1H3;1-5H;/q;;+2/t22-;;/m0../s1. The molecule has 10 radical (unpaired) electrons. The minimum absolute atomic E-state index is 0. The summed E-state index contributed by atoms with van der Waals surface area (Å²) in [6.45, 7) is 1.93. The number of rotatable bonds is 11. The zero-order chi connectivity index (χ0) is 24.9. The quantitative estimate of drug-likeness (QED) is 0.310. The molecule has 2 fully saturated rings. The molecule has 0 aliphatic heterocycles. The van der Waals surface area contributed by atoms with E-state index in [1.807, 2.05) is 95.0 Å². The van der Waals surface area contributed by atoms with Crippen LogP contribution in [0.2, 0.25) is 0 Å². The third-order valence-corrected chi connectivity index (χ3v) is 7.98. The van der Waals surface area contributed by atoms with Crippen LogP contribution >= 0.6 is 11.8 Å². The van der Waals surface area contributed by atoms with Gasteiger partial charge in [-0.1, -0.05) is 48.0 Å². The van der Waals surface area contributed by atoms with Gasteiger partial charge in [0.25, 0.3) is 0 Å². The Kier molecular flexibility index (Phi) is 14.4. The predicted molar refractivity (Wildman–Crippen MR) is 144 cm³/mol. The van der Waals surface area contributed by atoms with Gasteiger partial charge < -0.3 is 0 Å². The van der Waals surface area contributed by atoms with E-state index in [-0.39, 0.29) is 33.8 Å². The maximum Gasteiger partial charge on any atom is 2.00 e. The van der Waals surface area contributed by atoms with Crippen molar-refractivity contribution >= 4 is 27.6 Å². The smallest absolute Gasteiger partial charge is 0.299 e. The first kappa shape index (κ1) is 31.1. The molecule has 2 saturated carbocycles. The molecule has 36 heavy (non-hydrogen) atoms. The van der Waals surface area contributed by atoms with Crippen LogP contribution in [-0.2, 0) is 38.3 Å². The van der Waals surface area contributed by atoms with Crippen LogP contribution in [0.25, 0.3) is 0 Å². The molecule has 0 unspecified atom stereocenters. The molecule has 1 N–H and O–H groups in total. The Morgan fingerprint density at radius 3 is 2.03 bits per heavy atom. The van der Waals surface area contributed by atoms with E-state index in [9.17, 15) is 13.2 Å². The maximum absolute atomic E-state index is 12.9. The molecule has 0 spiro atoms. The van der Waals surface area contributed by atoms with Crippen molar-refractivity contribution in [1.82, 2.24) is 4.72 Å². The number of sulfonamides is 1. The number of ketones is 1. The van der Waals surface area contributed by atoms with Gasteiger partial charge in [-0.25, -0.2) is 13.1 Å². The van der Waals surface area contributed by atoms with Crippen LogP contribution in [0.4, 0.5) is 0 Å². The molecule has 0 bridgehead atoms. The summed E-state index contributed by atoms with van der Waals surface area (Å²) in [5, 5.41) is 0. The molecule has 0 saturated heterocycles. The van der Waals surface area contributed by atoms with Gasteiger partial charge in [-0.2, -0.15) is 11.8 Å². The zero-order valence-corrected chi connectivity index (χ0v) is 22.9. The average Bonchev–Trinajstić information content (AvgIpc) is 3.60. The van der Waals surface area contributed by atoms with Gasteiger partial charge in [-0.15, -0.1) is 0 Å². The summed E-state index contributed by atoms with van der Waals surface area (Å²) < 4.78 is 28.6. The maximum atomic E-state index is 12.9. The molecule has 4 nitrogen and oxygen atoms in total. The van der Waals surface area contributed by atoms with Crippen LogP contribution in [0, 0.1) is 70.6 Å². The fourth-order valence-electron chi connectivity index (χ4n) is 3.45. The summed E-state index contributed by atoms with van der Waals surface area (Å²) in [7, 11) is -3.62. The normalized spacial score (nSPS) is 16.6. The number of benzene rings is 2. The van der Waals surface area contributed by atoms with Crippen LogP contribution in [-0.4, -0.2) is 31.7 Å². The van der Waals surface area contributed by atoms with Crippen molar-refractivity contribution in [2.24, 2.45) is 0 Å². The second kappa shape index (κ2) is 16.7. The van der Waals surface area contributed by atoms with E-state index < -0.39 is 10.0 Å². The van der Waals surface area contributed by atoms with E-state index in [0.29, 0.717) is 24.3 Å². The number of Topliss-reactive ketones (excluding diaryl/α,β-unsaturated/α-hetero) is 1. The fraction of sp³-hybridized carbons (Fsp3) is 0.207. The van der Waals surface area contributed by atoms with Crippen molar-refractivity contribution in [2.75, 3.05) is 11.5 Å². The van der Waals surface area contributed by atoms with Gasteiger partial charge in [0.2, 0.25) is 10.0 Å². The van der Waals surface area contributed by atoms with Gasteiger partial charge in [0, 0.05) is 29.9 Å². The fourth-order valence-corrected chi connectivity index (χ4v) is 5.78. The Hall–Kier alpha value is -1.11. The van der Waals surface area contributed by atoms with Gasteiger partial charge >= 0.3 is 17.1 Å². The molecule has 2 aliphatic carbocycles. The average molecular weight is 562 g/mol. The molecule has 4 rings (SSSR count). The number of hydrogen-bond acceptors (Lipinski definition) is 4. The van der Waals surface area contributed by atoms with Crippen LogP contribution in [0.3, 0.4) is 0 Å². The number of hydrogen-bond donors (Lipinski definition) is 1. The van der Waals surface area contributed by atoms with Crippen molar-refractivity contribution < 1.29 is 30.3 Å². The molecule has 188 valence electrons. The summed E-state index contributed by atoms with van der Waals surface area (Å²) in [6.07, 6.45) is 18.4. The van der Waals surface area contributed by atoms with Crippen LogP contribution in [0.1, 0.15) is 17.5 Å². The first-order valence-electron chi connectivity index (χ1n) is 11.6. The van der Waals surface area contributed by atoms with Crippen LogP contribution in [0.5, 0.6) is 0 Å². The first-order valence-corrected chi connectivity index (χ1v) is 14.2. The third kappa shape index (κ3) is 11.1. The molecular formula is C29H31FeNO3S2+2. The molecule has 1 atom stereocenters. The number of aryl methyl sites for hydroxylation is 1. The zero-order valence-electron chi connectivity index (χ0n) is 20.2. The largest absolute Gasteiger partial charge is 2.00 e. The molecular weight excluding hydrogens is 530 g/mol. The van der Waals surface area contributed by atoms with Gasteiger partial charge in [0.1, 0.15) is 5.78 Å². The number of thioether (sulfide) groups is 1. The Labute approximate surface area is 233 Å². The van der Waals surface area contributed by atoms with Crippen molar-refractivity contribution in [3.63, 3.8) is 0 Å². The summed E-state index contributed by atoms with van der Waals surface area (Å²) in [4.78, 5) is 12.4. The van der Waals surface area contributed by atoms with E-state index in [4.69, 9.17) is 0 Å². The summed E-state index contributed by atoms with van der Waals surface area (Å²) in [5.41, 5.74) is 2.09. The number of nitrogens with one attached hydrogen (secondary N) is 1. The molecule has 2 aliphatic rings. The van der Waals surface area contributed by atoms with Crippen molar-refractivity contribution in [2.45, 2.75) is 30.7 Å². The predicted octanol–water partition coefficient (Wildman–Crippen LogP) is 5.00. The number of carbonyl (C=O) groups excluding carboxylic acids is 1. The molecule has 7 heteroatoms. The molecule has 2 aromatic rings. The monoisotopic (exact) mass is 561 g/mol. The van der Waals surface area contributed by atoms with E-state index in [0.717, 1.165) is 17.0 Å². The Bertz CT molecular complexity index is 979.